The van der Waals surface area contributed by atoms with Crippen LogP contribution in [0, 0.1) is 5.92 Å². The Morgan fingerprint density at radius 1 is 1.43 bits per heavy atom. The first-order valence-electron chi connectivity index (χ1n) is 7.03. The molecule has 1 aromatic rings. The number of urea groups is 1. The minimum atomic E-state index is -0.451. The summed E-state index contributed by atoms with van der Waals surface area (Å²) in [4.78, 5) is 26.0. The summed E-state index contributed by atoms with van der Waals surface area (Å²) in [5.41, 5.74) is 0.596. The van der Waals surface area contributed by atoms with E-state index in [9.17, 15) is 9.59 Å². The van der Waals surface area contributed by atoms with Gasteiger partial charge in [0.15, 0.2) is 0 Å². The number of nitrogens with one attached hydrogen (secondary N) is 2. The lowest BCUT2D eigenvalue weighted by atomic mass is 10.00. The number of rotatable bonds is 3. The molecule has 6 nitrogen and oxygen atoms in total. The molecule has 21 heavy (non-hydrogen) atoms. The highest BCUT2D eigenvalue weighted by molar-refractivity contribution is 5.95. The SMILES string of the molecule is COc1ccccc1NC(=O)N1CCNC(=O)[C@@H]1C(C)C. The third-order valence-electron chi connectivity index (χ3n) is 3.50. The van der Waals surface area contributed by atoms with Crippen LogP contribution >= 0.6 is 0 Å². The molecule has 1 heterocycles. The van der Waals surface area contributed by atoms with Crippen LogP contribution < -0.4 is 15.4 Å². The van der Waals surface area contributed by atoms with Gasteiger partial charge < -0.3 is 20.3 Å². The van der Waals surface area contributed by atoms with E-state index in [0.717, 1.165) is 0 Å². The van der Waals surface area contributed by atoms with Crippen LogP contribution in [0.1, 0.15) is 13.8 Å². The molecule has 1 saturated heterocycles. The molecule has 0 bridgehead atoms. The minimum Gasteiger partial charge on any atom is -0.495 e. The zero-order chi connectivity index (χ0) is 15.4. The summed E-state index contributed by atoms with van der Waals surface area (Å²) in [6, 6.07) is 6.46. The van der Waals surface area contributed by atoms with E-state index < -0.39 is 6.04 Å². The van der Waals surface area contributed by atoms with E-state index in [1.54, 1.807) is 24.1 Å². The molecule has 3 amide bonds. The highest BCUT2D eigenvalue weighted by Gasteiger charge is 2.35. The molecule has 0 unspecified atom stereocenters. The first-order chi connectivity index (χ1) is 10.0. The lowest BCUT2D eigenvalue weighted by molar-refractivity contribution is -0.129. The predicted molar refractivity (Wildman–Crippen MR) is 80.4 cm³/mol. The second kappa shape index (κ2) is 6.47. The predicted octanol–water partition coefficient (Wildman–Crippen LogP) is 1.68. The van der Waals surface area contributed by atoms with E-state index >= 15 is 0 Å². The fourth-order valence-electron chi connectivity index (χ4n) is 2.51. The molecule has 0 aromatic heterocycles. The number of piperazine rings is 1. The Bertz CT molecular complexity index is 531. The smallest absolute Gasteiger partial charge is 0.322 e. The van der Waals surface area contributed by atoms with Crippen molar-refractivity contribution in [2.45, 2.75) is 19.9 Å². The van der Waals surface area contributed by atoms with Crippen molar-refractivity contribution in [3.8, 4) is 5.75 Å². The number of methoxy groups -OCH3 is 1. The summed E-state index contributed by atoms with van der Waals surface area (Å²) in [5.74, 6) is 0.536. The maximum absolute atomic E-state index is 12.5. The van der Waals surface area contributed by atoms with Gasteiger partial charge in [0.25, 0.3) is 0 Å². The summed E-state index contributed by atoms with van der Waals surface area (Å²) < 4.78 is 5.22. The Kier molecular flexibility index (Phi) is 4.67. The monoisotopic (exact) mass is 291 g/mol. The second-order valence-electron chi connectivity index (χ2n) is 5.30. The van der Waals surface area contributed by atoms with Crippen molar-refractivity contribution in [3.05, 3.63) is 24.3 Å². The molecule has 2 N–H and O–H groups in total. The van der Waals surface area contributed by atoms with Crippen LogP contribution in [0.5, 0.6) is 5.75 Å². The Morgan fingerprint density at radius 3 is 2.81 bits per heavy atom. The second-order valence-corrected chi connectivity index (χ2v) is 5.30. The molecule has 1 aliphatic heterocycles. The molecule has 0 spiro atoms. The maximum atomic E-state index is 12.5. The van der Waals surface area contributed by atoms with E-state index in [-0.39, 0.29) is 17.9 Å². The van der Waals surface area contributed by atoms with Crippen LogP contribution in [0.2, 0.25) is 0 Å². The van der Waals surface area contributed by atoms with Crippen molar-refractivity contribution >= 4 is 17.6 Å². The zero-order valence-corrected chi connectivity index (χ0v) is 12.6. The van der Waals surface area contributed by atoms with E-state index in [0.29, 0.717) is 24.5 Å². The van der Waals surface area contributed by atoms with Crippen LogP contribution in [0.25, 0.3) is 0 Å². The molecule has 1 fully saturated rings. The number of ether oxygens (including phenoxy) is 1. The molecule has 0 saturated carbocycles. The lowest BCUT2D eigenvalue weighted by Gasteiger charge is -2.37. The summed E-state index contributed by atoms with van der Waals surface area (Å²) in [6.07, 6.45) is 0. The van der Waals surface area contributed by atoms with Gasteiger partial charge in [0.2, 0.25) is 5.91 Å². The van der Waals surface area contributed by atoms with E-state index in [4.69, 9.17) is 4.74 Å². The van der Waals surface area contributed by atoms with Crippen molar-refractivity contribution < 1.29 is 14.3 Å². The quantitative estimate of drug-likeness (QED) is 0.890. The first-order valence-corrected chi connectivity index (χ1v) is 7.03. The Balaban J connectivity index is 2.16. The Labute approximate surface area is 124 Å². The van der Waals surface area contributed by atoms with Crippen molar-refractivity contribution in [2.24, 2.45) is 5.92 Å². The highest BCUT2D eigenvalue weighted by atomic mass is 16.5. The van der Waals surface area contributed by atoms with Crippen molar-refractivity contribution in [3.63, 3.8) is 0 Å². The average Bonchev–Trinajstić information content (AvgIpc) is 2.47. The van der Waals surface area contributed by atoms with E-state index in [2.05, 4.69) is 10.6 Å². The number of benzene rings is 1. The maximum Gasteiger partial charge on any atom is 0.322 e. The van der Waals surface area contributed by atoms with Gasteiger partial charge in [-0.3, -0.25) is 4.79 Å². The van der Waals surface area contributed by atoms with Crippen LogP contribution in [-0.2, 0) is 4.79 Å². The minimum absolute atomic E-state index is 0.0497. The standard InChI is InChI=1S/C15H21N3O3/c1-10(2)13-14(19)16-8-9-18(13)15(20)17-11-6-4-5-7-12(11)21-3/h4-7,10,13H,8-9H2,1-3H3,(H,16,19)(H,17,20)/t13-/m0/s1. The molecule has 1 aromatic carbocycles. The molecule has 0 aliphatic carbocycles. The summed E-state index contributed by atoms with van der Waals surface area (Å²) in [7, 11) is 1.55. The molecule has 114 valence electrons. The third-order valence-corrected chi connectivity index (χ3v) is 3.50. The summed E-state index contributed by atoms with van der Waals surface area (Å²) in [6.45, 7) is 4.83. The fourth-order valence-corrected chi connectivity index (χ4v) is 2.51. The average molecular weight is 291 g/mol. The number of anilines is 1. The van der Waals surface area contributed by atoms with Gasteiger partial charge in [-0.25, -0.2) is 4.79 Å². The number of carbonyl (C=O) groups excluding carboxylic acids is 2. The number of hydrogen-bond donors (Lipinski definition) is 2. The number of nitrogens with zero attached hydrogens (tertiary/aromatic N) is 1. The van der Waals surface area contributed by atoms with Crippen LogP contribution in [-0.4, -0.2) is 43.1 Å². The van der Waals surface area contributed by atoms with E-state index in [1.165, 1.54) is 0 Å². The Morgan fingerprint density at radius 2 is 2.14 bits per heavy atom. The van der Waals surface area contributed by atoms with Gasteiger partial charge in [-0.2, -0.15) is 0 Å². The first kappa shape index (κ1) is 15.2. The van der Waals surface area contributed by atoms with Crippen molar-refractivity contribution in [1.29, 1.82) is 0 Å². The van der Waals surface area contributed by atoms with Gasteiger partial charge in [0.05, 0.1) is 12.8 Å². The topological polar surface area (TPSA) is 70.7 Å². The number of para-hydroxylation sites is 2. The summed E-state index contributed by atoms with van der Waals surface area (Å²) in [5, 5.41) is 5.62. The highest BCUT2D eigenvalue weighted by Crippen LogP contribution is 2.24. The van der Waals surface area contributed by atoms with Crippen LogP contribution in [0.15, 0.2) is 24.3 Å². The molecule has 0 radical (unpaired) electrons. The van der Waals surface area contributed by atoms with Gasteiger partial charge in [0.1, 0.15) is 11.8 Å². The molecule has 6 heteroatoms. The normalized spacial score (nSPS) is 18.4. The molecule has 1 aliphatic rings. The van der Waals surface area contributed by atoms with Crippen LogP contribution in [0.4, 0.5) is 10.5 Å². The van der Waals surface area contributed by atoms with Gasteiger partial charge >= 0.3 is 6.03 Å². The fraction of sp³-hybridized carbons (Fsp3) is 0.467. The summed E-state index contributed by atoms with van der Waals surface area (Å²) >= 11 is 0. The van der Waals surface area contributed by atoms with Crippen molar-refractivity contribution in [1.82, 2.24) is 10.2 Å². The largest absolute Gasteiger partial charge is 0.495 e. The number of amides is 3. The van der Waals surface area contributed by atoms with E-state index in [1.807, 2.05) is 26.0 Å². The number of carbonyl (C=O) groups is 2. The third kappa shape index (κ3) is 3.26. The zero-order valence-electron chi connectivity index (χ0n) is 12.6. The van der Waals surface area contributed by atoms with Crippen molar-refractivity contribution in [2.75, 3.05) is 25.5 Å². The Hall–Kier alpha value is -2.24. The van der Waals surface area contributed by atoms with Gasteiger partial charge in [0, 0.05) is 13.1 Å². The van der Waals surface area contributed by atoms with Crippen LogP contribution in [0.3, 0.4) is 0 Å². The van der Waals surface area contributed by atoms with Gasteiger partial charge in [-0.1, -0.05) is 26.0 Å². The number of hydrogen-bond acceptors (Lipinski definition) is 3. The lowest BCUT2D eigenvalue weighted by Crippen LogP contribution is -2.60. The van der Waals surface area contributed by atoms with Gasteiger partial charge in [-0.15, -0.1) is 0 Å². The van der Waals surface area contributed by atoms with Gasteiger partial charge in [-0.05, 0) is 18.1 Å². The molecule has 2 rings (SSSR count). The molecular formula is C15H21N3O3. The molecule has 1 atom stereocenters. The molecular weight excluding hydrogens is 270 g/mol.